The molecule has 1 aromatic heterocycles. The second kappa shape index (κ2) is 4.33. The molecule has 6 heteroatoms. The molecule has 20 heavy (non-hydrogen) atoms. The maximum absolute atomic E-state index is 12.0. The summed E-state index contributed by atoms with van der Waals surface area (Å²) in [6.45, 7) is 2.25. The van der Waals surface area contributed by atoms with E-state index in [4.69, 9.17) is 5.73 Å². The normalized spacial score (nSPS) is 16.1. The van der Waals surface area contributed by atoms with Crippen molar-refractivity contribution in [3.63, 3.8) is 0 Å². The van der Waals surface area contributed by atoms with Crippen LogP contribution in [0.1, 0.15) is 24.2 Å². The van der Waals surface area contributed by atoms with Crippen molar-refractivity contribution in [1.29, 1.82) is 0 Å². The molecule has 0 bridgehead atoms. The number of rotatable bonds is 4. The van der Waals surface area contributed by atoms with Crippen molar-refractivity contribution in [3.8, 4) is 0 Å². The van der Waals surface area contributed by atoms with Crippen LogP contribution in [0.25, 0.3) is 11.0 Å². The summed E-state index contributed by atoms with van der Waals surface area (Å²) in [4.78, 5) is 30.8. The van der Waals surface area contributed by atoms with Gasteiger partial charge in [0.05, 0.1) is 17.6 Å². The van der Waals surface area contributed by atoms with Crippen molar-refractivity contribution in [2.75, 3.05) is 0 Å². The van der Waals surface area contributed by atoms with Gasteiger partial charge in [0.25, 0.3) is 0 Å². The van der Waals surface area contributed by atoms with Crippen molar-refractivity contribution in [1.82, 2.24) is 15.3 Å². The summed E-state index contributed by atoms with van der Waals surface area (Å²) in [6.07, 6.45) is 1.07. The summed E-state index contributed by atoms with van der Waals surface area (Å²) in [5.74, 6) is -0.180. The molecule has 2 amide bonds. The molecule has 0 saturated heterocycles. The van der Waals surface area contributed by atoms with Crippen LogP contribution in [-0.4, -0.2) is 21.8 Å². The van der Waals surface area contributed by atoms with Gasteiger partial charge in [0.15, 0.2) is 0 Å². The first kappa shape index (κ1) is 12.7. The number of imidazole rings is 1. The number of primary amides is 1. The van der Waals surface area contributed by atoms with Gasteiger partial charge >= 0.3 is 0 Å². The minimum Gasteiger partial charge on any atom is -0.369 e. The lowest BCUT2D eigenvalue weighted by atomic mass is 10.1. The number of aromatic nitrogens is 2. The summed E-state index contributed by atoms with van der Waals surface area (Å²) < 4.78 is 0. The van der Waals surface area contributed by atoms with Crippen LogP contribution in [0.3, 0.4) is 0 Å². The van der Waals surface area contributed by atoms with Gasteiger partial charge in [-0.05, 0) is 31.4 Å². The predicted octanol–water partition coefficient (Wildman–Crippen LogP) is 0.753. The number of carbonyl (C=O) groups excluding carboxylic acids is 2. The number of hydrogen-bond acceptors (Lipinski definition) is 3. The van der Waals surface area contributed by atoms with E-state index in [9.17, 15) is 9.59 Å². The van der Waals surface area contributed by atoms with Gasteiger partial charge in [0.2, 0.25) is 11.8 Å². The van der Waals surface area contributed by atoms with Crippen LogP contribution in [-0.2, 0) is 16.1 Å². The lowest BCUT2D eigenvalue weighted by Gasteiger charge is -2.10. The Morgan fingerprint density at radius 1 is 1.45 bits per heavy atom. The molecule has 0 aliphatic heterocycles. The van der Waals surface area contributed by atoms with Gasteiger partial charge in [0.1, 0.15) is 11.2 Å². The van der Waals surface area contributed by atoms with Gasteiger partial charge in [-0.25, -0.2) is 4.98 Å². The number of H-pyrrole nitrogens is 1. The standard InChI is InChI=1S/C14H16N4O2/c1-8-3-2-4-9-11(8)18-10(17-9)7-16-13(20)14(5-6-14)12(15)19/h2-4H,5-7H2,1H3,(H2,15,19)(H,16,20)(H,17,18). The lowest BCUT2D eigenvalue weighted by Crippen LogP contribution is -2.40. The molecule has 1 aliphatic carbocycles. The van der Waals surface area contributed by atoms with Crippen molar-refractivity contribution in [3.05, 3.63) is 29.6 Å². The van der Waals surface area contributed by atoms with Crippen LogP contribution in [0, 0.1) is 12.3 Å². The van der Waals surface area contributed by atoms with Crippen LogP contribution in [0.4, 0.5) is 0 Å². The van der Waals surface area contributed by atoms with Crippen molar-refractivity contribution >= 4 is 22.8 Å². The summed E-state index contributed by atoms with van der Waals surface area (Å²) in [5, 5.41) is 2.73. The second-order valence-corrected chi connectivity index (χ2v) is 5.28. The van der Waals surface area contributed by atoms with Crippen LogP contribution in [0.2, 0.25) is 0 Å². The molecule has 3 rings (SSSR count). The zero-order chi connectivity index (χ0) is 14.3. The number of nitrogens with zero attached hydrogens (tertiary/aromatic N) is 1. The molecular formula is C14H16N4O2. The Hall–Kier alpha value is -2.37. The van der Waals surface area contributed by atoms with Crippen molar-refractivity contribution in [2.24, 2.45) is 11.1 Å². The molecule has 104 valence electrons. The largest absolute Gasteiger partial charge is 0.369 e. The van der Waals surface area contributed by atoms with E-state index in [1.807, 2.05) is 25.1 Å². The van der Waals surface area contributed by atoms with Gasteiger partial charge < -0.3 is 16.0 Å². The Labute approximate surface area is 115 Å². The van der Waals surface area contributed by atoms with E-state index in [0.29, 0.717) is 18.7 Å². The second-order valence-electron chi connectivity index (χ2n) is 5.28. The Kier molecular flexibility index (Phi) is 2.74. The van der Waals surface area contributed by atoms with Crippen molar-refractivity contribution in [2.45, 2.75) is 26.3 Å². The number of benzene rings is 1. The zero-order valence-electron chi connectivity index (χ0n) is 11.2. The van der Waals surface area contributed by atoms with E-state index < -0.39 is 11.3 Å². The maximum Gasteiger partial charge on any atom is 0.236 e. The first-order valence-electron chi connectivity index (χ1n) is 6.55. The number of hydrogen-bond donors (Lipinski definition) is 3. The van der Waals surface area contributed by atoms with E-state index in [1.165, 1.54) is 0 Å². The topological polar surface area (TPSA) is 101 Å². The highest BCUT2D eigenvalue weighted by molar-refractivity contribution is 6.07. The van der Waals surface area contributed by atoms with E-state index in [-0.39, 0.29) is 12.5 Å². The average molecular weight is 272 g/mol. The molecule has 2 aromatic rings. The van der Waals surface area contributed by atoms with E-state index in [2.05, 4.69) is 15.3 Å². The van der Waals surface area contributed by atoms with Crippen LogP contribution < -0.4 is 11.1 Å². The number of para-hydroxylation sites is 1. The minimum atomic E-state index is -0.984. The van der Waals surface area contributed by atoms with E-state index in [1.54, 1.807) is 0 Å². The number of aromatic amines is 1. The third-order valence-electron chi connectivity index (χ3n) is 3.84. The Bertz CT molecular complexity index is 700. The van der Waals surface area contributed by atoms with Gasteiger partial charge in [-0.1, -0.05) is 12.1 Å². The highest BCUT2D eigenvalue weighted by Crippen LogP contribution is 2.45. The number of nitrogens with one attached hydrogen (secondary N) is 2. The van der Waals surface area contributed by atoms with Gasteiger partial charge in [-0.15, -0.1) is 0 Å². The minimum absolute atomic E-state index is 0.266. The smallest absolute Gasteiger partial charge is 0.236 e. The molecule has 0 unspecified atom stereocenters. The first-order chi connectivity index (χ1) is 9.53. The monoisotopic (exact) mass is 272 g/mol. The number of amides is 2. The predicted molar refractivity (Wildman–Crippen MR) is 73.5 cm³/mol. The van der Waals surface area contributed by atoms with Crippen LogP contribution in [0.5, 0.6) is 0 Å². The maximum atomic E-state index is 12.0. The molecule has 0 atom stereocenters. The molecule has 1 heterocycles. The molecule has 4 N–H and O–H groups in total. The Balaban J connectivity index is 1.73. The van der Waals surface area contributed by atoms with Gasteiger partial charge in [-0.3, -0.25) is 9.59 Å². The molecule has 0 spiro atoms. The van der Waals surface area contributed by atoms with E-state index in [0.717, 1.165) is 16.6 Å². The molecule has 6 nitrogen and oxygen atoms in total. The third kappa shape index (κ3) is 1.93. The molecular weight excluding hydrogens is 256 g/mol. The zero-order valence-corrected chi connectivity index (χ0v) is 11.2. The number of carbonyl (C=O) groups is 2. The fraction of sp³-hybridized carbons (Fsp3) is 0.357. The molecule has 0 radical (unpaired) electrons. The molecule has 1 aliphatic rings. The molecule has 1 fully saturated rings. The number of fused-ring (bicyclic) bond motifs is 1. The summed E-state index contributed by atoms with van der Waals surface area (Å²) in [7, 11) is 0. The Morgan fingerprint density at radius 2 is 2.20 bits per heavy atom. The number of aryl methyl sites for hydroxylation is 1. The van der Waals surface area contributed by atoms with Crippen LogP contribution >= 0.6 is 0 Å². The fourth-order valence-corrected chi connectivity index (χ4v) is 2.35. The SMILES string of the molecule is Cc1cccc2[nH]c(CNC(=O)C3(C(N)=O)CC3)nc12. The summed E-state index contributed by atoms with van der Waals surface area (Å²) in [6, 6.07) is 5.87. The molecule has 1 aromatic carbocycles. The highest BCUT2D eigenvalue weighted by Gasteiger charge is 2.55. The van der Waals surface area contributed by atoms with E-state index >= 15 is 0 Å². The third-order valence-corrected chi connectivity index (χ3v) is 3.84. The number of nitrogens with two attached hydrogens (primary N) is 1. The summed E-state index contributed by atoms with van der Waals surface area (Å²) >= 11 is 0. The van der Waals surface area contributed by atoms with Crippen LogP contribution in [0.15, 0.2) is 18.2 Å². The average Bonchev–Trinajstić information content (AvgIpc) is 3.12. The quantitative estimate of drug-likeness (QED) is 0.716. The summed E-state index contributed by atoms with van der Waals surface area (Å²) in [5.41, 5.74) is 7.18. The van der Waals surface area contributed by atoms with Gasteiger partial charge in [0, 0.05) is 0 Å². The fourth-order valence-electron chi connectivity index (χ4n) is 2.35. The lowest BCUT2D eigenvalue weighted by molar-refractivity contribution is -0.135. The first-order valence-corrected chi connectivity index (χ1v) is 6.55. The molecule has 1 saturated carbocycles. The highest BCUT2D eigenvalue weighted by atomic mass is 16.2. The Morgan fingerprint density at radius 3 is 2.80 bits per heavy atom. The van der Waals surface area contributed by atoms with Crippen molar-refractivity contribution < 1.29 is 9.59 Å². The van der Waals surface area contributed by atoms with Gasteiger partial charge in [-0.2, -0.15) is 0 Å².